The lowest BCUT2D eigenvalue weighted by Gasteiger charge is -2.06. The lowest BCUT2D eigenvalue weighted by atomic mass is 10.1. The number of aryl methyl sites for hydroxylation is 1. The molecular formula is C22H21FN4O. The van der Waals surface area contributed by atoms with Gasteiger partial charge in [-0.1, -0.05) is 26.0 Å². The standard InChI is InChI=1S/C22H21FN4O/c1-13(2)12-27-21-18(11-16-5-4-14(3)10-19(16)24-21)20(26-27)25-22(28)15-6-8-17(23)9-7-15/h4-11,13H,12H2,1-3H3,(H,25,26,28). The third-order valence-electron chi connectivity index (χ3n) is 4.55. The Balaban J connectivity index is 1.81. The summed E-state index contributed by atoms with van der Waals surface area (Å²) in [5.74, 6) is 0.119. The number of pyridine rings is 1. The van der Waals surface area contributed by atoms with Crippen molar-refractivity contribution >= 4 is 33.7 Å². The molecule has 0 radical (unpaired) electrons. The number of amides is 1. The Morgan fingerprint density at radius 2 is 1.89 bits per heavy atom. The molecule has 4 rings (SSSR count). The van der Waals surface area contributed by atoms with Crippen molar-refractivity contribution in [1.29, 1.82) is 0 Å². The van der Waals surface area contributed by atoms with Gasteiger partial charge in [0.1, 0.15) is 5.82 Å². The highest BCUT2D eigenvalue weighted by Gasteiger charge is 2.17. The van der Waals surface area contributed by atoms with Crippen molar-refractivity contribution in [3.05, 3.63) is 65.5 Å². The Morgan fingerprint density at radius 1 is 1.14 bits per heavy atom. The molecule has 0 aliphatic heterocycles. The van der Waals surface area contributed by atoms with E-state index in [1.165, 1.54) is 24.3 Å². The number of benzene rings is 2. The van der Waals surface area contributed by atoms with E-state index < -0.39 is 0 Å². The monoisotopic (exact) mass is 376 g/mol. The Bertz CT molecular complexity index is 1180. The number of halogens is 1. The molecule has 28 heavy (non-hydrogen) atoms. The normalized spacial score (nSPS) is 11.5. The van der Waals surface area contributed by atoms with Crippen LogP contribution in [0.4, 0.5) is 10.2 Å². The zero-order valence-electron chi connectivity index (χ0n) is 16.0. The first-order chi connectivity index (χ1) is 13.4. The van der Waals surface area contributed by atoms with Gasteiger partial charge in [0.15, 0.2) is 11.5 Å². The van der Waals surface area contributed by atoms with E-state index in [4.69, 9.17) is 4.98 Å². The number of rotatable bonds is 4. The van der Waals surface area contributed by atoms with E-state index in [0.29, 0.717) is 23.8 Å². The molecule has 2 heterocycles. The van der Waals surface area contributed by atoms with Gasteiger partial charge in [0.2, 0.25) is 0 Å². The number of aromatic nitrogens is 3. The fourth-order valence-electron chi connectivity index (χ4n) is 3.21. The lowest BCUT2D eigenvalue weighted by Crippen LogP contribution is -2.13. The zero-order valence-corrected chi connectivity index (χ0v) is 16.0. The smallest absolute Gasteiger partial charge is 0.256 e. The number of hydrogen-bond acceptors (Lipinski definition) is 3. The van der Waals surface area contributed by atoms with Crippen LogP contribution in [0.2, 0.25) is 0 Å². The molecule has 1 amide bonds. The fourth-order valence-corrected chi connectivity index (χ4v) is 3.21. The molecule has 142 valence electrons. The molecule has 4 aromatic rings. The van der Waals surface area contributed by atoms with E-state index in [2.05, 4.69) is 24.3 Å². The Labute approximate surface area is 162 Å². The molecule has 0 saturated carbocycles. The maximum absolute atomic E-state index is 13.1. The van der Waals surface area contributed by atoms with Crippen molar-refractivity contribution in [2.45, 2.75) is 27.3 Å². The molecule has 2 aromatic carbocycles. The molecule has 0 spiro atoms. The van der Waals surface area contributed by atoms with Crippen molar-refractivity contribution in [3.8, 4) is 0 Å². The van der Waals surface area contributed by atoms with Crippen LogP contribution < -0.4 is 5.32 Å². The molecule has 0 unspecified atom stereocenters. The number of carbonyl (C=O) groups excluding carboxylic acids is 1. The summed E-state index contributed by atoms with van der Waals surface area (Å²) in [6, 6.07) is 13.5. The highest BCUT2D eigenvalue weighted by Crippen LogP contribution is 2.27. The SMILES string of the molecule is Cc1ccc2cc3c(NC(=O)c4ccc(F)cc4)nn(CC(C)C)c3nc2c1. The van der Waals surface area contributed by atoms with Gasteiger partial charge in [-0.25, -0.2) is 14.1 Å². The molecule has 2 aromatic heterocycles. The van der Waals surface area contributed by atoms with Crippen LogP contribution in [0.25, 0.3) is 21.9 Å². The van der Waals surface area contributed by atoms with Crippen LogP contribution in [0.5, 0.6) is 0 Å². The van der Waals surface area contributed by atoms with Gasteiger partial charge < -0.3 is 5.32 Å². The van der Waals surface area contributed by atoms with Gasteiger partial charge in [-0.3, -0.25) is 4.79 Å². The number of fused-ring (bicyclic) bond motifs is 2. The number of carbonyl (C=O) groups is 1. The zero-order chi connectivity index (χ0) is 19.8. The topological polar surface area (TPSA) is 59.8 Å². The van der Waals surface area contributed by atoms with E-state index in [0.717, 1.165) is 27.5 Å². The van der Waals surface area contributed by atoms with Crippen LogP contribution in [0.1, 0.15) is 29.8 Å². The summed E-state index contributed by atoms with van der Waals surface area (Å²) in [6.07, 6.45) is 0. The molecule has 1 N–H and O–H groups in total. The second kappa shape index (κ2) is 7.03. The largest absolute Gasteiger partial charge is 0.305 e. The van der Waals surface area contributed by atoms with Crippen molar-refractivity contribution in [2.24, 2.45) is 5.92 Å². The Morgan fingerprint density at radius 3 is 2.61 bits per heavy atom. The molecule has 6 heteroatoms. The minimum absolute atomic E-state index is 0.333. The number of nitrogens with one attached hydrogen (secondary N) is 1. The van der Waals surface area contributed by atoms with Crippen LogP contribution in [0.3, 0.4) is 0 Å². The molecule has 0 bridgehead atoms. The minimum Gasteiger partial charge on any atom is -0.305 e. The first-order valence-corrected chi connectivity index (χ1v) is 9.25. The Hall–Kier alpha value is -3.28. The lowest BCUT2D eigenvalue weighted by molar-refractivity contribution is 0.102. The maximum atomic E-state index is 13.1. The molecule has 0 fully saturated rings. The highest BCUT2D eigenvalue weighted by atomic mass is 19.1. The van der Waals surface area contributed by atoms with E-state index >= 15 is 0 Å². The van der Waals surface area contributed by atoms with Gasteiger partial charge >= 0.3 is 0 Å². The first-order valence-electron chi connectivity index (χ1n) is 9.25. The van der Waals surface area contributed by atoms with Gasteiger partial charge in [-0.15, -0.1) is 0 Å². The van der Waals surface area contributed by atoms with E-state index in [-0.39, 0.29) is 11.7 Å². The van der Waals surface area contributed by atoms with Crippen LogP contribution >= 0.6 is 0 Å². The van der Waals surface area contributed by atoms with E-state index in [1.54, 1.807) is 0 Å². The van der Waals surface area contributed by atoms with E-state index in [1.807, 2.05) is 35.9 Å². The minimum atomic E-state index is -0.380. The van der Waals surface area contributed by atoms with Gasteiger partial charge in [0.05, 0.1) is 10.9 Å². The summed E-state index contributed by atoms with van der Waals surface area (Å²) in [7, 11) is 0. The first kappa shape index (κ1) is 18.1. The van der Waals surface area contributed by atoms with Gasteiger partial charge in [-0.2, -0.15) is 5.10 Å². The van der Waals surface area contributed by atoms with E-state index in [9.17, 15) is 9.18 Å². The average molecular weight is 376 g/mol. The van der Waals surface area contributed by atoms with Crippen LogP contribution in [0, 0.1) is 18.7 Å². The molecule has 0 aliphatic rings. The third-order valence-corrected chi connectivity index (χ3v) is 4.55. The van der Waals surface area contributed by atoms with Crippen LogP contribution in [-0.2, 0) is 6.54 Å². The summed E-state index contributed by atoms with van der Waals surface area (Å²) in [5, 5.41) is 9.23. The summed E-state index contributed by atoms with van der Waals surface area (Å²) < 4.78 is 15.0. The highest BCUT2D eigenvalue weighted by molar-refractivity contribution is 6.08. The van der Waals surface area contributed by atoms with Crippen molar-refractivity contribution in [2.75, 3.05) is 5.32 Å². The molecule has 0 saturated heterocycles. The third kappa shape index (κ3) is 3.45. The summed E-state index contributed by atoms with van der Waals surface area (Å²) >= 11 is 0. The number of anilines is 1. The second-order valence-corrected chi connectivity index (χ2v) is 7.44. The molecule has 5 nitrogen and oxygen atoms in total. The number of nitrogens with zero attached hydrogens (tertiary/aromatic N) is 3. The molecular weight excluding hydrogens is 355 g/mol. The van der Waals surface area contributed by atoms with Crippen molar-refractivity contribution < 1.29 is 9.18 Å². The summed E-state index contributed by atoms with van der Waals surface area (Å²) in [5.41, 5.74) is 3.14. The summed E-state index contributed by atoms with van der Waals surface area (Å²) in [4.78, 5) is 17.4. The van der Waals surface area contributed by atoms with Crippen molar-refractivity contribution in [1.82, 2.24) is 14.8 Å². The molecule has 0 atom stereocenters. The van der Waals surface area contributed by atoms with Gasteiger partial charge in [0.25, 0.3) is 5.91 Å². The molecule has 0 aliphatic carbocycles. The predicted octanol–water partition coefficient (Wildman–Crippen LogP) is 4.94. The quantitative estimate of drug-likeness (QED) is 0.549. The second-order valence-electron chi connectivity index (χ2n) is 7.44. The Kier molecular flexibility index (Phi) is 4.55. The number of hydrogen-bond donors (Lipinski definition) is 1. The van der Waals surface area contributed by atoms with Crippen LogP contribution in [0.15, 0.2) is 48.5 Å². The fraction of sp³-hybridized carbons (Fsp3) is 0.227. The van der Waals surface area contributed by atoms with Gasteiger partial charge in [-0.05, 0) is 54.8 Å². The summed E-state index contributed by atoms with van der Waals surface area (Å²) in [6.45, 7) is 6.93. The average Bonchev–Trinajstić information content (AvgIpc) is 2.96. The van der Waals surface area contributed by atoms with Crippen LogP contribution in [-0.4, -0.2) is 20.7 Å². The van der Waals surface area contributed by atoms with Gasteiger partial charge in [0, 0.05) is 17.5 Å². The predicted molar refractivity (Wildman–Crippen MR) is 109 cm³/mol. The maximum Gasteiger partial charge on any atom is 0.256 e. The van der Waals surface area contributed by atoms with Crippen molar-refractivity contribution in [3.63, 3.8) is 0 Å².